The Morgan fingerprint density at radius 2 is 2.12 bits per heavy atom. The average Bonchev–Trinajstić information content (AvgIpc) is 2.61. The molecule has 1 heterocycles. The van der Waals surface area contributed by atoms with E-state index in [1.807, 2.05) is 19.1 Å². The summed E-state index contributed by atoms with van der Waals surface area (Å²) in [6, 6.07) is 8.23. The van der Waals surface area contributed by atoms with E-state index in [2.05, 4.69) is 15.0 Å². The molecular weight excluding hydrogens is 342 g/mol. The van der Waals surface area contributed by atoms with Crippen LogP contribution in [0.1, 0.15) is 23.7 Å². The van der Waals surface area contributed by atoms with Gasteiger partial charge in [-0.05, 0) is 49.2 Å². The van der Waals surface area contributed by atoms with E-state index in [-0.39, 0.29) is 17.4 Å². The highest BCUT2D eigenvalue weighted by atomic mass is 19.3. The Labute approximate surface area is 150 Å². The second-order valence-electron chi connectivity index (χ2n) is 5.34. The average molecular weight is 362 g/mol. The maximum atomic E-state index is 12.4. The molecule has 0 saturated carbocycles. The summed E-state index contributed by atoms with van der Waals surface area (Å²) in [6.07, 6.45) is 4.59. The van der Waals surface area contributed by atoms with Gasteiger partial charge in [-0.2, -0.15) is 8.78 Å². The molecular formula is C19H20F2N2O3. The van der Waals surface area contributed by atoms with E-state index in [9.17, 15) is 13.6 Å². The van der Waals surface area contributed by atoms with Gasteiger partial charge in [0, 0.05) is 12.3 Å². The molecule has 7 heteroatoms. The van der Waals surface area contributed by atoms with E-state index in [4.69, 9.17) is 4.74 Å². The molecule has 5 nitrogen and oxygen atoms in total. The third kappa shape index (κ3) is 5.84. The van der Waals surface area contributed by atoms with Crippen molar-refractivity contribution in [2.45, 2.75) is 27.0 Å². The van der Waals surface area contributed by atoms with Crippen molar-refractivity contribution in [2.75, 3.05) is 6.61 Å². The SMILES string of the molecule is CCOc1cc(/C=C/C(=O)NCc2ncccc2C)ccc1OC(F)F. The first-order chi connectivity index (χ1) is 12.5. The molecule has 2 aromatic rings. The highest BCUT2D eigenvalue weighted by Gasteiger charge is 2.11. The van der Waals surface area contributed by atoms with Gasteiger partial charge in [-0.15, -0.1) is 0 Å². The molecule has 0 fully saturated rings. The van der Waals surface area contributed by atoms with Crippen LogP contribution in [0.4, 0.5) is 8.78 Å². The number of amides is 1. The Bertz CT molecular complexity index is 779. The molecule has 0 spiro atoms. The van der Waals surface area contributed by atoms with Crippen molar-refractivity contribution in [3.63, 3.8) is 0 Å². The number of halogens is 2. The zero-order valence-electron chi connectivity index (χ0n) is 14.5. The molecule has 0 aliphatic heterocycles. The van der Waals surface area contributed by atoms with Crippen molar-refractivity contribution < 1.29 is 23.0 Å². The number of rotatable bonds is 8. The van der Waals surface area contributed by atoms with Gasteiger partial charge in [-0.1, -0.05) is 12.1 Å². The second kappa shape index (κ2) is 9.50. The smallest absolute Gasteiger partial charge is 0.387 e. The van der Waals surface area contributed by atoms with Crippen LogP contribution in [0.3, 0.4) is 0 Å². The maximum absolute atomic E-state index is 12.4. The Morgan fingerprint density at radius 3 is 2.81 bits per heavy atom. The van der Waals surface area contributed by atoms with Crippen LogP contribution >= 0.6 is 0 Å². The number of alkyl halides is 2. The quantitative estimate of drug-likeness (QED) is 0.727. The number of carbonyl (C=O) groups is 1. The first kappa shape index (κ1) is 19.4. The summed E-state index contributed by atoms with van der Waals surface area (Å²) in [5.74, 6) is -0.144. The highest BCUT2D eigenvalue weighted by Crippen LogP contribution is 2.30. The minimum atomic E-state index is -2.93. The van der Waals surface area contributed by atoms with Crippen LogP contribution < -0.4 is 14.8 Å². The molecule has 1 aromatic heterocycles. The third-order valence-corrected chi connectivity index (χ3v) is 3.46. The molecule has 0 aliphatic rings. The lowest BCUT2D eigenvalue weighted by molar-refractivity contribution is -0.116. The fourth-order valence-electron chi connectivity index (χ4n) is 2.20. The maximum Gasteiger partial charge on any atom is 0.387 e. The predicted octanol–water partition coefficient (Wildman–Crippen LogP) is 3.72. The van der Waals surface area contributed by atoms with Crippen LogP contribution in [-0.4, -0.2) is 24.1 Å². The van der Waals surface area contributed by atoms with Crippen LogP contribution in [0.15, 0.2) is 42.6 Å². The van der Waals surface area contributed by atoms with E-state index in [1.54, 1.807) is 25.3 Å². The lowest BCUT2D eigenvalue weighted by Gasteiger charge is -2.11. The lowest BCUT2D eigenvalue weighted by atomic mass is 10.2. The summed E-state index contributed by atoms with van der Waals surface area (Å²) in [6.45, 7) is 1.35. The first-order valence-electron chi connectivity index (χ1n) is 8.07. The van der Waals surface area contributed by atoms with E-state index >= 15 is 0 Å². The van der Waals surface area contributed by atoms with E-state index in [0.29, 0.717) is 18.7 Å². The predicted molar refractivity (Wildman–Crippen MR) is 94.1 cm³/mol. The number of hydrogen-bond donors (Lipinski definition) is 1. The monoisotopic (exact) mass is 362 g/mol. The van der Waals surface area contributed by atoms with Gasteiger partial charge in [0.25, 0.3) is 0 Å². The largest absolute Gasteiger partial charge is 0.490 e. The number of aryl methyl sites for hydroxylation is 1. The molecule has 1 N–H and O–H groups in total. The number of ether oxygens (including phenoxy) is 2. The lowest BCUT2D eigenvalue weighted by Crippen LogP contribution is -2.21. The van der Waals surface area contributed by atoms with Gasteiger partial charge in [0.2, 0.25) is 5.91 Å². The minimum Gasteiger partial charge on any atom is -0.490 e. The number of carbonyl (C=O) groups excluding carboxylic acids is 1. The van der Waals surface area contributed by atoms with Crippen LogP contribution in [0.25, 0.3) is 6.08 Å². The summed E-state index contributed by atoms with van der Waals surface area (Å²) >= 11 is 0. The van der Waals surface area contributed by atoms with Crippen molar-refractivity contribution in [1.82, 2.24) is 10.3 Å². The van der Waals surface area contributed by atoms with E-state index in [1.165, 1.54) is 18.2 Å². The molecule has 0 atom stereocenters. The van der Waals surface area contributed by atoms with Crippen LogP contribution in [0, 0.1) is 6.92 Å². The van der Waals surface area contributed by atoms with Gasteiger partial charge >= 0.3 is 6.61 Å². The van der Waals surface area contributed by atoms with Gasteiger partial charge in [0.1, 0.15) is 0 Å². The molecule has 0 unspecified atom stereocenters. The number of nitrogens with one attached hydrogen (secondary N) is 1. The van der Waals surface area contributed by atoms with Crippen molar-refractivity contribution in [1.29, 1.82) is 0 Å². The standard InChI is InChI=1S/C19H20F2N2O3/c1-3-25-17-11-14(6-8-16(17)26-19(20)21)7-9-18(24)23-12-15-13(2)5-4-10-22-15/h4-11,19H,3,12H2,1-2H3,(H,23,24)/b9-7+. The Kier molecular flexibility index (Phi) is 7.08. The van der Waals surface area contributed by atoms with Gasteiger partial charge in [0.15, 0.2) is 11.5 Å². The molecule has 0 radical (unpaired) electrons. The van der Waals surface area contributed by atoms with Crippen molar-refractivity contribution in [3.05, 3.63) is 59.4 Å². The third-order valence-electron chi connectivity index (χ3n) is 3.46. The molecule has 138 valence electrons. The molecule has 0 bridgehead atoms. The second-order valence-corrected chi connectivity index (χ2v) is 5.34. The fraction of sp³-hybridized carbons (Fsp3) is 0.263. The summed E-state index contributed by atoms with van der Waals surface area (Å²) in [5, 5.41) is 2.74. The van der Waals surface area contributed by atoms with Gasteiger partial charge < -0.3 is 14.8 Å². The van der Waals surface area contributed by atoms with Crippen LogP contribution in [-0.2, 0) is 11.3 Å². The Hall–Kier alpha value is -2.96. The highest BCUT2D eigenvalue weighted by molar-refractivity contribution is 5.91. The fourth-order valence-corrected chi connectivity index (χ4v) is 2.20. The Balaban J connectivity index is 2.01. The normalized spacial score (nSPS) is 11.0. The van der Waals surface area contributed by atoms with E-state index < -0.39 is 6.61 Å². The topological polar surface area (TPSA) is 60.5 Å². The molecule has 1 amide bonds. The zero-order chi connectivity index (χ0) is 18.9. The molecule has 1 aromatic carbocycles. The first-order valence-corrected chi connectivity index (χ1v) is 8.07. The van der Waals surface area contributed by atoms with Crippen molar-refractivity contribution in [3.8, 4) is 11.5 Å². The molecule has 0 saturated heterocycles. The molecule has 0 aliphatic carbocycles. The van der Waals surface area contributed by atoms with Crippen molar-refractivity contribution in [2.24, 2.45) is 0 Å². The number of aromatic nitrogens is 1. The van der Waals surface area contributed by atoms with Gasteiger partial charge in [0.05, 0.1) is 18.8 Å². The van der Waals surface area contributed by atoms with E-state index in [0.717, 1.165) is 11.3 Å². The van der Waals surface area contributed by atoms with Gasteiger partial charge in [-0.25, -0.2) is 0 Å². The molecule has 26 heavy (non-hydrogen) atoms. The van der Waals surface area contributed by atoms with Crippen LogP contribution in [0.2, 0.25) is 0 Å². The van der Waals surface area contributed by atoms with Gasteiger partial charge in [-0.3, -0.25) is 9.78 Å². The zero-order valence-corrected chi connectivity index (χ0v) is 14.5. The minimum absolute atomic E-state index is 0.0471. The summed E-state index contributed by atoms with van der Waals surface area (Å²) in [4.78, 5) is 16.1. The number of hydrogen-bond acceptors (Lipinski definition) is 4. The number of nitrogens with zero attached hydrogens (tertiary/aromatic N) is 1. The summed E-state index contributed by atoms with van der Waals surface area (Å²) in [7, 11) is 0. The Morgan fingerprint density at radius 1 is 1.31 bits per heavy atom. The molecule has 2 rings (SSSR count). The summed E-state index contributed by atoms with van der Waals surface area (Å²) in [5.41, 5.74) is 2.41. The summed E-state index contributed by atoms with van der Waals surface area (Å²) < 4.78 is 34.5. The van der Waals surface area contributed by atoms with Crippen molar-refractivity contribution >= 4 is 12.0 Å². The number of pyridine rings is 1. The number of benzene rings is 1. The van der Waals surface area contributed by atoms with Crippen LogP contribution in [0.5, 0.6) is 11.5 Å².